The Kier molecular flexibility index (Phi) is 7.71. The van der Waals surface area contributed by atoms with Gasteiger partial charge in [-0.1, -0.05) is 48.5 Å². The standard InChI is InChI=1S/C29H29NO6/c1-19-8-4-5-9-21(19)18-36-22-14-12-20(13-15-22)26-25(28(32)29(33)30(26)16-17-34-2)27(31)23-10-6-7-11-24(23)35-3/h4-15,26,31H,16-18H2,1-3H3/b27-25-. The highest BCUT2D eigenvalue weighted by molar-refractivity contribution is 6.46. The van der Waals surface area contributed by atoms with Gasteiger partial charge in [0.15, 0.2) is 0 Å². The molecule has 1 amide bonds. The van der Waals surface area contributed by atoms with Crippen LogP contribution >= 0.6 is 0 Å². The molecule has 3 aromatic rings. The quantitative estimate of drug-likeness (QED) is 0.269. The molecule has 0 aliphatic carbocycles. The largest absolute Gasteiger partial charge is 0.507 e. The molecule has 36 heavy (non-hydrogen) atoms. The molecule has 4 rings (SSSR count). The molecule has 1 saturated heterocycles. The Morgan fingerprint density at radius 1 is 0.944 bits per heavy atom. The zero-order valence-corrected chi connectivity index (χ0v) is 20.6. The number of aliphatic hydroxyl groups excluding tert-OH is 1. The number of methoxy groups -OCH3 is 2. The van der Waals surface area contributed by atoms with E-state index in [1.165, 1.54) is 19.1 Å². The topological polar surface area (TPSA) is 85.3 Å². The van der Waals surface area contributed by atoms with Gasteiger partial charge in [0.25, 0.3) is 11.7 Å². The van der Waals surface area contributed by atoms with Gasteiger partial charge in [0.05, 0.1) is 30.9 Å². The lowest BCUT2D eigenvalue weighted by atomic mass is 9.95. The second kappa shape index (κ2) is 11.1. The molecule has 1 heterocycles. The summed E-state index contributed by atoms with van der Waals surface area (Å²) in [5, 5.41) is 11.2. The van der Waals surface area contributed by atoms with E-state index in [0.717, 1.165) is 11.1 Å². The van der Waals surface area contributed by atoms with E-state index in [-0.39, 0.29) is 24.5 Å². The van der Waals surface area contributed by atoms with Crippen LogP contribution in [-0.4, -0.2) is 49.1 Å². The van der Waals surface area contributed by atoms with Crippen LogP contribution in [0.1, 0.15) is 28.3 Å². The third-order valence-corrected chi connectivity index (χ3v) is 6.29. The SMILES string of the molecule is COCCN1C(=O)C(=O)/C(=C(\O)c2ccccc2OC)C1c1ccc(OCc2ccccc2C)cc1. The predicted molar refractivity (Wildman–Crippen MR) is 136 cm³/mol. The summed E-state index contributed by atoms with van der Waals surface area (Å²) in [7, 11) is 3.01. The summed E-state index contributed by atoms with van der Waals surface area (Å²) in [6.45, 7) is 2.90. The predicted octanol–water partition coefficient (Wildman–Crippen LogP) is 4.65. The molecule has 1 aliphatic rings. The van der Waals surface area contributed by atoms with Gasteiger partial charge in [0.2, 0.25) is 0 Å². The fraction of sp³-hybridized carbons (Fsp3) is 0.241. The number of aryl methyl sites for hydroxylation is 1. The molecule has 0 bridgehead atoms. The van der Waals surface area contributed by atoms with Gasteiger partial charge in [-0.05, 0) is 47.9 Å². The smallest absolute Gasteiger partial charge is 0.295 e. The number of likely N-dealkylation sites (tertiary alicyclic amines) is 1. The molecule has 7 heteroatoms. The molecule has 0 saturated carbocycles. The van der Waals surface area contributed by atoms with Gasteiger partial charge in [0, 0.05) is 13.7 Å². The van der Waals surface area contributed by atoms with Crippen molar-refractivity contribution in [3.63, 3.8) is 0 Å². The number of aliphatic hydroxyl groups is 1. The number of amides is 1. The maximum atomic E-state index is 13.1. The van der Waals surface area contributed by atoms with Gasteiger partial charge in [-0.2, -0.15) is 0 Å². The number of carbonyl (C=O) groups is 2. The normalized spacial score (nSPS) is 16.9. The molecule has 1 atom stereocenters. The first-order valence-electron chi connectivity index (χ1n) is 11.6. The van der Waals surface area contributed by atoms with E-state index in [4.69, 9.17) is 14.2 Å². The molecule has 186 valence electrons. The van der Waals surface area contributed by atoms with E-state index in [9.17, 15) is 14.7 Å². The first kappa shape index (κ1) is 25.0. The summed E-state index contributed by atoms with van der Waals surface area (Å²) in [6.07, 6.45) is 0. The number of rotatable bonds is 9. The number of para-hydroxylation sites is 1. The lowest BCUT2D eigenvalue weighted by molar-refractivity contribution is -0.140. The van der Waals surface area contributed by atoms with E-state index in [2.05, 4.69) is 0 Å². The molecule has 0 spiro atoms. The van der Waals surface area contributed by atoms with Crippen molar-refractivity contribution in [2.24, 2.45) is 0 Å². The highest BCUT2D eigenvalue weighted by atomic mass is 16.5. The van der Waals surface area contributed by atoms with Crippen LogP contribution in [0.3, 0.4) is 0 Å². The summed E-state index contributed by atoms with van der Waals surface area (Å²) in [5.41, 5.74) is 3.26. The van der Waals surface area contributed by atoms with Crippen molar-refractivity contribution >= 4 is 17.4 Å². The van der Waals surface area contributed by atoms with Gasteiger partial charge < -0.3 is 24.2 Å². The Morgan fingerprint density at radius 2 is 1.64 bits per heavy atom. The van der Waals surface area contributed by atoms with Crippen molar-refractivity contribution in [1.29, 1.82) is 0 Å². The molecule has 0 radical (unpaired) electrons. The number of nitrogens with zero attached hydrogens (tertiary/aromatic N) is 1. The van der Waals surface area contributed by atoms with E-state index in [0.29, 0.717) is 29.2 Å². The second-order valence-electron chi connectivity index (χ2n) is 8.47. The number of Topliss-reactive ketones (excluding diaryl/α,β-unsaturated/α-hetero) is 1. The number of hydrogen-bond donors (Lipinski definition) is 1. The molecular weight excluding hydrogens is 458 g/mol. The summed E-state index contributed by atoms with van der Waals surface area (Å²) in [6, 6.07) is 21.3. The number of ether oxygens (including phenoxy) is 3. The van der Waals surface area contributed by atoms with Crippen molar-refractivity contribution in [3.8, 4) is 11.5 Å². The molecule has 1 aliphatic heterocycles. The zero-order chi connectivity index (χ0) is 25.7. The van der Waals surface area contributed by atoms with Crippen LogP contribution in [0, 0.1) is 6.92 Å². The van der Waals surface area contributed by atoms with Gasteiger partial charge in [-0.3, -0.25) is 9.59 Å². The summed E-state index contributed by atoms with van der Waals surface area (Å²) < 4.78 is 16.5. The summed E-state index contributed by atoms with van der Waals surface area (Å²) in [5.74, 6) is -0.666. The van der Waals surface area contributed by atoms with E-state index in [1.54, 1.807) is 48.5 Å². The van der Waals surface area contributed by atoms with Crippen LogP contribution in [0.5, 0.6) is 11.5 Å². The van der Waals surface area contributed by atoms with Crippen molar-refractivity contribution in [2.45, 2.75) is 19.6 Å². The third-order valence-electron chi connectivity index (χ3n) is 6.29. The highest BCUT2D eigenvalue weighted by Crippen LogP contribution is 2.41. The first-order valence-corrected chi connectivity index (χ1v) is 11.6. The number of hydrogen-bond acceptors (Lipinski definition) is 6. The Morgan fingerprint density at radius 3 is 2.33 bits per heavy atom. The van der Waals surface area contributed by atoms with Crippen molar-refractivity contribution in [3.05, 3.63) is 101 Å². The maximum Gasteiger partial charge on any atom is 0.295 e. The average Bonchev–Trinajstić information content (AvgIpc) is 3.16. The maximum absolute atomic E-state index is 13.1. The van der Waals surface area contributed by atoms with Gasteiger partial charge >= 0.3 is 0 Å². The Labute approximate surface area is 210 Å². The first-order chi connectivity index (χ1) is 17.5. The van der Waals surface area contributed by atoms with Crippen molar-refractivity contribution in [2.75, 3.05) is 27.4 Å². The molecule has 0 aromatic heterocycles. The average molecular weight is 488 g/mol. The zero-order valence-electron chi connectivity index (χ0n) is 20.6. The lowest BCUT2D eigenvalue weighted by Gasteiger charge is -2.25. The van der Waals surface area contributed by atoms with E-state index < -0.39 is 17.7 Å². The molecule has 1 fully saturated rings. The van der Waals surface area contributed by atoms with Crippen LogP contribution in [0.4, 0.5) is 0 Å². The molecule has 1 N–H and O–H groups in total. The van der Waals surface area contributed by atoms with Crippen LogP contribution in [-0.2, 0) is 20.9 Å². The summed E-state index contributed by atoms with van der Waals surface area (Å²) >= 11 is 0. The minimum absolute atomic E-state index is 0.00850. The number of benzene rings is 3. The van der Waals surface area contributed by atoms with Gasteiger partial charge in [-0.25, -0.2) is 0 Å². The fourth-order valence-electron chi connectivity index (χ4n) is 4.31. The van der Waals surface area contributed by atoms with Crippen molar-refractivity contribution in [1.82, 2.24) is 4.90 Å². The van der Waals surface area contributed by atoms with Gasteiger partial charge in [-0.15, -0.1) is 0 Å². The van der Waals surface area contributed by atoms with Crippen LogP contribution in [0.15, 0.2) is 78.4 Å². The molecule has 7 nitrogen and oxygen atoms in total. The molecule has 3 aromatic carbocycles. The van der Waals surface area contributed by atoms with Gasteiger partial charge in [0.1, 0.15) is 23.9 Å². The van der Waals surface area contributed by atoms with Crippen LogP contribution in [0.25, 0.3) is 5.76 Å². The monoisotopic (exact) mass is 487 g/mol. The Hall–Kier alpha value is -4.10. The summed E-state index contributed by atoms with van der Waals surface area (Å²) in [4.78, 5) is 27.5. The van der Waals surface area contributed by atoms with E-state index in [1.807, 2.05) is 31.2 Å². The number of ketones is 1. The lowest BCUT2D eigenvalue weighted by Crippen LogP contribution is -2.32. The minimum atomic E-state index is -0.782. The minimum Gasteiger partial charge on any atom is -0.507 e. The molecule has 1 unspecified atom stereocenters. The molecular formula is C29H29NO6. The highest BCUT2D eigenvalue weighted by Gasteiger charge is 2.46. The van der Waals surface area contributed by atoms with Crippen LogP contribution < -0.4 is 9.47 Å². The van der Waals surface area contributed by atoms with E-state index >= 15 is 0 Å². The number of carbonyl (C=O) groups excluding carboxylic acids is 2. The van der Waals surface area contributed by atoms with Crippen LogP contribution in [0.2, 0.25) is 0 Å². The third kappa shape index (κ3) is 4.97. The van der Waals surface area contributed by atoms with Crippen molar-refractivity contribution < 1.29 is 28.9 Å². The second-order valence-corrected chi connectivity index (χ2v) is 8.47. The Bertz CT molecular complexity index is 1280. The fourth-order valence-corrected chi connectivity index (χ4v) is 4.31. The Balaban J connectivity index is 1.70.